The molecule has 0 radical (unpaired) electrons. The molecular formula is C46H29NO2. The molecule has 2 aromatic heterocycles. The van der Waals surface area contributed by atoms with E-state index >= 15 is 0 Å². The molecule has 3 nitrogen and oxygen atoms in total. The van der Waals surface area contributed by atoms with E-state index in [1.54, 1.807) is 0 Å². The number of fused-ring (bicyclic) bond motifs is 8. The molecule has 0 aliphatic rings. The number of para-hydroxylation sites is 2. The van der Waals surface area contributed by atoms with Crippen LogP contribution in [0.15, 0.2) is 185 Å². The first-order valence-corrected chi connectivity index (χ1v) is 16.6. The van der Waals surface area contributed by atoms with Crippen LogP contribution in [0.5, 0.6) is 0 Å². The normalized spacial score (nSPS) is 11.7. The topological polar surface area (TPSA) is 29.5 Å². The van der Waals surface area contributed by atoms with Crippen molar-refractivity contribution >= 4 is 71.7 Å². The average Bonchev–Trinajstić information content (AvgIpc) is 3.74. The second-order valence-electron chi connectivity index (χ2n) is 12.5. The summed E-state index contributed by atoms with van der Waals surface area (Å²) in [6.45, 7) is 0. The number of anilines is 3. The molecular weight excluding hydrogens is 599 g/mol. The number of nitrogens with zero attached hydrogens (tertiary/aromatic N) is 1. The van der Waals surface area contributed by atoms with Crippen molar-refractivity contribution in [2.75, 3.05) is 4.90 Å². The van der Waals surface area contributed by atoms with Gasteiger partial charge in [0.1, 0.15) is 22.3 Å². The van der Waals surface area contributed by atoms with Crippen LogP contribution in [0.4, 0.5) is 17.1 Å². The van der Waals surface area contributed by atoms with Crippen LogP contribution in [0.1, 0.15) is 0 Å². The average molecular weight is 628 g/mol. The van der Waals surface area contributed by atoms with Gasteiger partial charge in [0.25, 0.3) is 0 Å². The van der Waals surface area contributed by atoms with E-state index in [0.717, 1.165) is 61.1 Å². The monoisotopic (exact) mass is 627 g/mol. The number of hydrogen-bond acceptors (Lipinski definition) is 3. The lowest BCUT2D eigenvalue weighted by Crippen LogP contribution is -2.09. The van der Waals surface area contributed by atoms with Gasteiger partial charge in [-0.2, -0.15) is 0 Å². The van der Waals surface area contributed by atoms with Crippen LogP contribution in [0, 0.1) is 0 Å². The van der Waals surface area contributed by atoms with E-state index < -0.39 is 0 Å². The maximum Gasteiger partial charge on any atom is 0.136 e. The van der Waals surface area contributed by atoms with Crippen LogP contribution in [0.3, 0.4) is 0 Å². The zero-order valence-corrected chi connectivity index (χ0v) is 26.5. The molecule has 3 heteroatoms. The summed E-state index contributed by atoms with van der Waals surface area (Å²) in [5.41, 5.74) is 11.6. The molecule has 49 heavy (non-hydrogen) atoms. The molecule has 0 fully saturated rings. The highest BCUT2D eigenvalue weighted by atomic mass is 16.3. The third-order valence-electron chi connectivity index (χ3n) is 9.69. The Labute approximate surface area is 282 Å². The van der Waals surface area contributed by atoms with Crippen molar-refractivity contribution in [2.45, 2.75) is 0 Å². The Morgan fingerprint density at radius 1 is 0.306 bits per heavy atom. The Balaban J connectivity index is 1.10. The minimum Gasteiger partial charge on any atom is -0.456 e. The molecule has 8 aromatic carbocycles. The fourth-order valence-electron chi connectivity index (χ4n) is 7.36. The van der Waals surface area contributed by atoms with Crippen molar-refractivity contribution in [1.29, 1.82) is 0 Å². The van der Waals surface area contributed by atoms with E-state index in [0.29, 0.717) is 0 Å². The predicted octanol–water partition coefficient (Wildman–Crippen LogP) is 13.4. The molecule has 2 heterocycles. The quantitative estimate of drug-likeness (QED) is 0.190. The zero-order valence-electron chi connectivity index (χ0n) is 26.5. The summed E-state index contributed by atoms with van der Waals surface area (Å²) in [6.07, 6.45) is 0. The van der Waals surface area contributed by atoms with Crippen LogP contribution < -0.4 is 4.90 Å². The maximum atomic E-state index is 6.20. The van der Waals surface area contributed by atoms with Gasteiger partial charge in [0, 0.05) is 38.6 Å². The lowest BCUT2D eigenvalue weighted by Gasteiger charge is -2.26. The molecule has 0 spiro atoms. The second kappa shape index (κ2) is 11.0. The lowest BCUT2D eigenvalue weighted by atomic mass is 9.95. The highest BCUT2D eigenvalue weighted by Gasteiger charge is 2.17. The zero-order chi connectivity index (χ0) is 32.3. The van der Waals surface area contributed by atoms with Crippen LogP contribution in [0.2, 0.25) is 0 Å². The van der Waals surface area contributed by atoms with Crippen LogP contribution in [0.25, 0.3) is 76.9 Å². The summed E-state index contributed by atoms with van der Waals surface area (Å²) in [5.74, 6) is 0. The van der Waals surface area contributed by atoms with Crippen molar-refractivity contribution in [3.63, 3.8) is 0 Å². The third-order valence-corrected chi connectivity index (χ3v) is 9.69. The summed E-state index contributed by atoms with van der Waals surface area (Å²) in [4.78, 5) is 2.32. The van der Waals surface area contributed by atoms with Gasteiger partial charge in [-0.1, -0.05) is 115 Å². The molecule has 0 aliphatic carbocycles. The Hall–Kier alpha value is -6.58. The molecule has 0 unspecified atom stereocenters. The van der Waals surface area contributed by atoms with Crippen molar-refractivity contribution in [3.05, 3.63) is 176 Å². The Bertz CT molecular complexity index is 2810. The highest BCUT2D eigenvalue weighted by molar-refractivity contribution is 6.21. The van der Waals surface area contributed by atoms with E-state index in [4.69, 9.17) is 8.83 Å². The number of hydrogen-bond donors (Lipinski definition) is 0. The van der Waals surface area contributed by atoms with Crippen molar-refractivity contribution in [3.8, 4) is 22.3 Å². The molecule has 0 saturated heterocycles. The minimum absolute atomic E-state index is 0.884. The molecule has 0 atom stereocenters. The molecule has 0 aliphatic heterocycles. The van der Waals surface area contributed by atoms with E-state index in [1.165, 1.54) is 32.8 Å². The van der Waals surface area contributed by atoms with Gasteiger partial charge < -0.3 is 13.7 Å². The standard InChI is InChI=1S/C46H29NO2/c1-2-9-30(10-3-1)31-17-21-33(22-18-31)47(35-25-27-44-41(29-35)38-11-4-6-15-42(38)48-44)34-23-19-32(20-24-34)36-13-8-14-39-37(36)26-28-45-46(39)40-12-5-7-16-43(40)49-45/h1-29H. The lowest BCUT2D eigenvalue weighted by molar-refractivity contribution is 0.668. The molecule has 10 rings (SSSR count). The second-order valence-corrected chi connectivity index (χ2v) is 12.5. The van der Waals surface area contributed by atoms with Gasteiger partial charge in [-0.15, -0.1) is 0 Å². The largest absolute Gasteiger partial charge is 0.456 e. The molecule has 10 aromatic rings. The minimum atomic E-state index is 0.884. The van der Waals surface area contributed by atoms with E-state index in [2.05, 4.69) is 157 Å². The van der Waals surface area contributed by atoms with Crippen LogP contribution >= 0.6 is 0 Å². The maximum absolute atomic E-state index is 6.20. The summed E-state index contributed by atoms with van der Waals surface area (Å²) in [6, 6.07) is 62.1. The first-order valence-electron chi connectivity index (χ1n) is 16.6. The van der Waals surface area contributed by atoms with Gasteiger partial charge in [-0.25, -0.2) is 0 Å². The summed E-state index contributed by atoms with van der Waals surface area (Å²) < 4.78 is 12.4. The molecule has 0 saturated carbocycles. The van der Waals surface area contributed by atoms with Crippen LogP contribution in [-0.2, 0) is 0 Å². The summed E-state index contributed by atoms with van der Waals surface area (Å²) in [5, 5.41) is 6.93. The molecule has 0 N–H and O–H groups in total. The predicted molar refractivity (Wildman–Crippen MR) is 204 cm³/mol. The smallest absolute Gasteiger partial charge is 0.136 e. The van der Waals surface area contributed by atoms with Gasteiger partial charge in [0.15, 0.2) is 0 Å². The first kappa shape index (κ1) is 27.5. The summed E-state index contributed by atoms with van der Waals surface area (Å²) >= 11 is 0. The third kappa shape index (κ3) is 4.51. The Kier molecular flexibility index (Phi) is 6.18. The summed E-state index contributed by atoms with van der Waals surface area (Å²) in [7, 11) is 0. The van der Waals surface area contributed by atoms with Crippen LogP contribution in [-0.4, -0.2) is 0 Å². The van der Waals surface area contributed by atoms with Gasteiger partial charge >= 0.3 is 0 Å². The SMILES string of the molecule is c1ccc(-c2ccc(N(c3ccc(-c4cccc5c4ccc4oc6ccccc6c45)cc3)c3ccc4oc5ccccc5c4c3)cc2)cc1. The number of benzene rings is 8. The fourth-order valence-corrected chi connectivity index (χ4v) is 7.36. The Morgan fingerprint density at radius 3 is 1.63 bits per heavy atom. The fraction of sp³-hybridized carbons (Fsp3) is 0. The van der Waals surface area contributed by atoms with Crippen molar-refractivity contribution in [1.82, 2.24) is 0 Å². The van der Waals surface area contributed by atoms with Crippen molar-refractivity contribution in [2.24, 2.45) is 0 Å². The van der Waals surface area contributed by atoms with Gasteiger partial charge in [0.2, 0.25) is 0 Å². The van der Waals surface area contributed by atoms with E-state index in [1.807, 2.05) is 24.3 Å². The number of rotatable bonds is 5. The molecule has 0 bridgehead atoms. The number of furan rings is 2. The van der Waals surface area contributed by atoms with Crippen molar-refractivity contribution < 1.29 is 8.83 Å². The molecule has 230 valence electrons. The Morgan fingerprint density at radius 2 is 0.857 bits per heavy atom. The van der Waals surface area contributed by atoms with E-state index in [-0.39, 0.29) is 0 Å². The van der Waals surface area contributed by atoms with Gasteiger partial charge in [-0.05, 0) is 93.7 Å². The first-order chi connectivity index (χ1) is 24.3. The highest BCUT2D eigenvalue weighted by Crippen LogP contribution is 2.42. The van der Waals surface area contributed by atoms with E-state index in [9.17, 15) is 0 Å². The molecule has 0 amide bonds. The van der Waals surface area contributed by atoms with Gasteiger partial charge in [0.05, 0.1) is 0 Å². The van der Waals surface area contributed by atoms with Gasteiger partial charge in [-0.3, -0.25) is 0 Å².